The number of nitrogens with one attached hydrogen (secondary N) is 1. The normalized spacial score (nSPS) is 10.9. The summed E-state index contributed by atoms with van der Waals surface area (Å²) >= 11 is 12.3. The average molecular weight is 328 g/mol. The number of aromatic nitrogens is 2. The summed E-state index contributed by atoms with van der Waals surface area (Å²) in [5, 5.41) is 8.62. The molecule has 0 aliphatic heterocycles. The van der Waals surface area contributed by atoms with Gasteiger partial charge in [0.2, 0.25) is 0 Å². The van der Waals surface area contributed by atoms with Gasteiger partial charge in [-0.2, -0.15) is 5.10 Å². The molecule has 2 rings (SSSR count). The molecular weight excluding hydrogens is 309 g/mol. The van der Waals surface area contributed by atoms with E-state index in [-0.39, 0.29) is 0 Å². The first-order valence-electron chi connectivity index (χ1n) is 6.83. The lowest BCUT2D eigenvalue weighted by Gasteiger charge is -2.14. The Morgan fingerprint density at radius 2 is 2.05 bits per heavy atom. The molecule has 0 saturated heterocycles. The molecule has 1 N–H and O–H groups in total. The summed E-state index contributed by atoms with van der Waals surface area (Å²) in [7, 11) is 1.87. The molecule has 4 nitrogen and oxygen atoms in total. The summed E-state index contributed by atoms with van der Waals surface area (Å²) in [4.78, 5) is 0. The first-order valence-corrected chi connectivity index (χ1v) is 7.59. The fourth-order valence-corrected chi connectivity index (χ4v) is 2.82. The molecule has 0 radical (unpaired) electrons. The van der Waals surface area contributed by atoms with E-state index in [1.165, 1.54) is 0 Å². The van der Waals surface area contributed by atoms with Gasteiger partial charge in [0.15, 0.2) is 0 Å². The lowest BCUT2D eigenvalue weighted by Crippen LogP contribution is -2.10. The Morgan fingerprint density at radius 1 is 1.29 bits per heavy atom. The van der Waals surface area contributed by atoms with Crippen LogP contribution >= 0.6 is 23.2 Å². The zero-order chi connectivity index (χ0) is 15.4. The molecule has 0 aliphatic rings. The van der Waals surface area contributed by atoms with E-state index in [1.807, 2.05) is 30.8 Å². The Hall–Kier alpha value is -1.23. The minimum absolute atomic E-state index is 0.423. The highest BCUT2D eigenvalue weighted by molar-refractivity contribution is 6.35. The van der Waals surface area contributed by atoms with Crippen LogP contribution in [0.25, 0.3) is 0 Å². The fraction of sp³-hybridized carbons (Fsp3) is 0.400. The van der Waals surface area contributed by atoms with E-state index >= 15 is 0 Å². The van der Waals surface area contributed by atoms with Gasteiger partial charge in [0, 0.05) is 23.7 Å². The summed E-state index contributed by atoms with van der Waals surface area (Å²) in [6.07, 6.45) is 0. The van der Waals surface area contributed by atoms with E-state index in [1.54, 1.807) is 6.07 Å². The maximum Gasteiger partial charge on any atom is 0.143 e. The summed E-state index contributed by atoms with van der Waals surface area (Å²) in [6.45, 7) is 5.90. The van der Waals surface area contributed by atoms with Gasteiger partial charge in [-0.25, -0.2) is 0 Å². The predicted molar refractivity (Wildman–Crippen MR) is 86.2 cm³/mol. The molecule has 2 aromatic rings. The SMILES string of the molecule is CCn1nc(C)cc1COc1c(Cl)cc(Cl)cc1CNC. The second-order valence-corrected chi connectivity index (χ2v) is 5.63. The second kappa shape index (κ2) is 7.16. The largest absolute Gasteiger partial charge is 0.485 e. The highest BCUT2D eigenvalue weighted by Crippen LogP contribution is 2.33. The topological polar surface area (TPSA) is 39.1 Å². The summed E-state index contributed by atoms with van der Waals surface area (Å²) < 4.78 is 7.85. The van der Waals surface area contributed by atoms with Crippen molar-refractivity contribution in [1.82, 2.24) is 15.1 Å². The Morgan fingerprint density at radius 3 is 2.71 bits per heavy atom. The lowest BCUT2D eigenvalue weighted by molar-refractivity contribution is 0.289. The van der Waals surface area contributed by atoms with Crippen LogP contribution in [0.1, 0.15) is 23.9 Å². The highest BCUT2D eigenvalue weighted by atomic mass is 35.5. The van der Waals surface area contributed by atoms with E-state index in [0.29, 0.717) is 28.9 Å². The van der Waals surface area contributed by atoms with Gasteiger partial charge in [-0.15, -0.1) is 0 Å². The molecule has 0 fully saturated rings. The minimum atomic E-state index is 0.423. The molecule has 1 heterocycles. The molecule has 0 spiro atoms. The zero-order valence-corrected chi connectivity index (χ0v) is 13.9. The van der Waals surface area contributed by atoms with Gasteiger partial charge in [-0.3, -0.25) is 4.68 Å². The van der Waals surface area contributed by atoms with Crippen molar-refractivity contribution in [3.05, 3.63) is 45.2 Å². The van der Waals surface area contributed by atoms with E-state index in [0.717, 1.165) is 23.5 Å². The summed E-state index contributed by atoms with van der Waals surface area (Å²) in [6, 6.07) is 5.58. The number of halogens is 2. The third-order valence-electron chi connectivity index (χ3n) is 3.10. The van der Waals surface area contributed by atoms with Gasteiger partial charge in [0.05, 0.1) is 16.4 Å². The minimum Gasteiger partial charge on any atom is -0.485 e. The molecule has 1 aromatic carbocycles. The number of benzene rings is 1. The van der Waals surface area contributed by atoms with Crippen molar-refractivity contribution in [2.24, 2.45) is 0 Å². The van der Waals surface area contributed by atoms with Crippen LogP contribution in [0.5, 0.6) is 5.75 Å². The molecule has 21 heavy (non-hydrogen) atoms. The molecule has 0 saturated carbocycles. The highest BCUT2D eigenvalue weighted by Gasteiger charge is 2.12. The van der Waals surface area contributed by atoms with Crippen molar-refractivity contribution in [1.29, 1.82) is 0 Å². The molecule has 0 atom stereocenters. The van der Waals surface area contributed by atoms with Crippen LogP contribution in [0.3, 0.4) is 0 Å². The smallest absolute Gasteiger partial charge is 0.143 e. The van der Waals surface area contributed by atoms with Crippen molar-refractivity contribution in [2.45, 2.75) is 33.5 Å². The van der Waals surface area contributed by atoms with Crippen molar-refractivity contribution in [3.63, 3.8) is 0 Å². The molecule has 0 bridgehead atoms. The number of hydrogen-bond donors (Lipinski definition) is 1. The molecule has 114 valence electrons. The first-order chi connectivity index (χ1) is 10.0. The maximum atomic E-state index is 6.26. The molecule has 6 heteroatoms. The van der Waals surface area contributed by atoms with Crippen molar-refractivity contribution in [3.8, 4) is 5.75 Å². The summed E-state index contributed by atoms with van der Waals surface area (Å²) in [5.74, 6) is 0.664. The van der Waals surface area contributed by atoms with Gasteiger partial charge in [0.1, 0.15) is 12.4 Å². The van der Waals surface area contributed by atoms with E-state index in [4.69, 9.17) is 27.9 Å². The number of aryl methyl sites for hydroxylation is 2. The lowest BCUT2D eigenvalue weighted by atomic mass is 10.2. The number of rotatable bonds is 6. The standard InChI is InChI=1S/C15H19Cl2N3O/c1-4-20-13(5-10(2)19-20)9-21-15-11(8-18-3)6-12(16)7-14(15)17/h5-7,18H,4,8-9H2,1-3H3. The summed E-state index contributed by atoms with van der Waals surface area (Å²) in [5.41, 5.74) is 2.94. The van der Waals surface area contributed by atoms with Crippen LogP contribution in [0.15, 0.2) is 18.2 Å². The van der Waals surface area contributed by atoms with Crippen LogP contribution in [0.4, 0.5) is 0 Å². The quantitative estimate of drug-likeness (QED) is 0.876. The van der Waals surface area contributed by atoms with Gasteiger partial charge in [0.25, 0.3) is 0 Å². The average Bonchev–Trinajstić information content (AvgIpc) is 2.78. The fourth-order valence-electron chi connectivity index (χ4n) is 2.23. The maximum absolute atomic E-state index is 6.26. The van der Waals surface area contributed by atoms with Crippen LogP contribution < -0.4 is 10.1 Å². The van der Waals surface area contributed by atoms with Gasteiger partial charge < -0.3 is 10.1 Å². The number of nitrogens with zero attached hydrogens (tertiary/aromatic N) is 2. The van der Waals surface area contributed by atoms with E-state index in [9.17, 15) is 0 Å². The third kappa shape index (κ3) is 3.90. The van der Waals surface area contributed by atoms with Crippen molar-refractivity contribution >= 4 is 23.2 Å². The molecular formula is C15H19Cl2N3O. The van der Waals surface area contributed by atoms with Gasteiger partial charge in [-0.05, 0) is 39.1 Å². The zero-order valence-electron chi connectivity index (χ0n) is 12.4. The molecule has 0 amide bonds. The first kappa shape index (κ1) is 16.1. The van der Waals surface area contributed by atoms with Crippen LogP contribution in [0.2, 0.25) is 10.0 Å². The van der Waals surface area contributed by atoms with E-state index in [2.05, 4.69) is 17.3 Å². The Kier molecular flexibility index (Phi) is 5.51. The molecule has 1 aromatic heterocycles. The Balaban J connectivity index is 2.22. The van der Waals surface area contributed by atoms with E-state index < -0.39 is 0 Å². The second-order valence-electron chi connectivity index (χ2n) is 4.79. The number of ether oxygens (including phenoxy) is 1. The van der Waals surface area contributed by atoms with Crippen LogP contribution in [-0.2, 0) is 19.7 Å². The van der Waals surface area contributed by atoms with Crippen LogP contribution in [-0.4, -0.2) is 16.8 Å². The third-order valence-corrected chi connectivity index (χ3v) is 3.60. The number of hydrogen-bond acceptors (Lipinski definition) is 3. The molecule has 0 unspecified atom stereocenters. The van der Waals surface area contributed by atoms with Gasteiger partial charge >= 0.3 is 0 Å². The Labute approximate surface area is 135 Å². The predicted octanol–water partition coefficient (Wildman–Crippen LogP) is 3.82. The van der Waals surface area contributed by atoms with Crippen molar-refractivity contribution in [2.75, 3.05) is 7.05 Å². The monoisotopic (exact) mass is 327 g/mol. The van der Waals surface area contributed by atoms with Crippen LogP contribution in [0, 0.1) is 6.92 Å². The Bertz CT molecular complexity index is 626. The van der Waals surface area contributed by atoms with Crippen molar-refractivity contribution < 1.29 is 4.74 Å². The molecule has 0 aliphatic carbocycles. The van der Waals surface area contributed by atoms with Gasteiger partial charge in [-0.1, -0.05) is 23.2 Å².